The summed E-state index contributed by atoms with van der Waals surface area (Å²) in [5, 5.41) is 17.0. The molecule has 12 rings (SSSR count). The molecule has 0 radical (unpaired) electrons. The van der Waals surface area contributed by atoms with Gasteiger partial charge in [-0.15, -0.1) is 0 Å². The lowest BCUT2D eigenvalue weighted by Crippen LogP contribution is -2.36. The molecule has 0 spiro atoms. The number of H-pyrrole nitrogens is 1. The van der Waals surface area contributed by atoms with E-state index in [2.05, 4.69) is 60.0 Å². The number of benzene rings is 2. The molecule has 8 aromatic heterocycles. The number of fused-ring (bicyclic) bond motifs is 4. The van der Waals surface area contributed by atoms with Crippen molar-refractivity contribution in [2.75, 3.05) is 96.4 Å². The van der Waals surface area contributed by atoms with Crippen LogP contribution >= 0.6 is 0 Å². The van der Waals surface area contributed by atoms with Crippen molar-refractivity contribution < 1.29 is 42.1 Å². The van der Waals surface area contributed by atoms with E-state index in [4.69, 9.17) is 48.8 Å². The Morgan fingerprint density at radius 3 is 1.67 bits per heavy atom. The molecule has 0 bridgehead atoms. The summed E-state index contributed by atoms with van der Waals surface area (Å²) in [7, 11) is 1.90. The van der Waals surface area contributed by atoms with Gasteiger partial charge in [0.05, 0.1) is 87.3 Å². The second-order valence-electron chi connectivity index (χ2n) is 23.2. The summed E-state index contributed by atoms with van der Waals surface area (Å²) >= 11 is 0. The molecule has 0 saturated carbocycles. The number of anilines is 2. The third kappa shape index (κ3) is 14.2. The van der Waals surface area contributed by atoms with Gasteiger partial charge in [0.1, 0.15) is 63.8 Å². The molecule has 0 aliphatic carbocycles. The number of aromatic amines is 1. The first kappa shape index (κ1) is 61.0. The van der Waals surface area contributed by atoms with Gasteiger partial charge in [0.25, 0.3) is 11.8 Å². The number of aromatic nitrogens is 12. The normalized spacial score (nSPS) is 14.6. The number of amides is 2. The first-order chi connectivity index (χ1) is 42.6. The summed E-state index contributed by atoms with van der Waals surface area (Å²) in [5.74, 6) is 0.489. The fraction of sp³-hybridized carbons (Fsp3) is 0.387. The van der Waals surface area contributed by atoms with Crippen LogP contribution in [0, 0.1) is 11.6 Å². The fourth-order valence-electron chi connectivity index (χ4n) is 10.6. The molecular formula is C62H72F2N16O7Si. The average Bonchev–Trinajstić information content (AvgIpc) is 1.75. The summed E-state index contributed by atoms with van der Waals surface area (Å²) in [6, 6.07) is 17.8. The Hall–Kier alpha value is -8.66. The minimum Gasteiger partial charge on any atom is -0.383 e. The quantitative estimate of drug-likeness (QED) is 0.0454. The van der Waals surface area contributed by atoms with Crippen LogP contribution in [0.15, 0.2) is 97.8 Å². The summed E-state index contributed by atoms with van der Waals surface area (Å²) in [4.78, 5) is 62.0. The van der Waals surface area contributed by atoms with Gasteiger partial charge in [-0.1, -0.05) is 31.8 Å². The van der Waals surface area contributed by atoms with Gasteiger partial charge in [0, 0.05) is 103 Å². The lowest BCUT2D eigenvalue weighted by molar-refractivity contribution is 0.0879. The van der Waals surface area contributed by atoms with Crippen LogP contribution in [0.5, 0.6) is 0 Å². The minimum atomic E-state index is -1.27. The highest BCUT2D eigenvalue weighted by Gasteiger charge is 2.25. The standard InChI is InChI=1S/C34H43FN8O4Si.C28H29FN8O3/c1-23(21-45-2)38-34(44)27-20-42(22-47-14-15-48(3,4)5)33-32(27)39-28(18-37-33)31-26-8-7-25(35)16-29(26)43(40-31)19-24-6-9-30(36-17-24)41-10-12-46-13-11-41;1-17(16-39-2)33-28(38)21-13-31-27-26(21)34-22(14-32-27)25-20-5-4-19(29)11-23(20)37(35-25)15-18-3-6-24(30-12-18)36-7-9-40-10-8-36/h6-9,16-18,20,23H,10-15,19,21-22H2,1-5H3,(H,38,44);3-6,11-14,17H,7-10,15-16H2,1-2H3,(H,31,32)(H,33,38)/t23-;17-/m00/s1. The van der Waals surface area contributed by atoms with Gasteiger partial charge in [0.15, 0.2) is 11.3 Å². The predicted octanol–water partition coefficient (Wildman–Crippen LogP) is 8.10. The van der Waals surface area contributed by atoms with Crippen LogP contribution in [0.1, 0.15) is 45.7 Å². The van der Waals surface area contributed by atoms with E-state index >= 15 is 0 Å². The van der Waals surface area contributed by atoms with Gasteiger partial charge < -0.3 is 53.7 Å². The van der Waals surface area contributed by atoms with Crippen LogP contribution in [-0.2, 0) is 43.5 Å². The third-order valence-electron chi connectivity index (χ3n) is 15.1. The Balaban J connectivity index is 0.000000185. The molecule has 0 unspecified atom stereocenters. The van der Waals surface area contributed by atoms with E-state index in [1.807, 2.05) is 55.1 Å². The molecule has 10 aromatic rings. The topological polar surface area (TPSA) is 245 Å². The van der Waals surface area contributed by atoms with Crippen molar-refractivity contribution in [3.8, 4) is 22.8 Å². The van der Waals surface area contributed by atoms with Crippen molar-refractivity contribution in [2.45, 2.75) is 71.4 Å². The van der Waals surface area contributed by atoms with E-state index in [-0.39, 0.29) is 42.3 Å². The van der Waals surface area contributed by atoms with Gasteiger partial charge in [-0.05, 0) is 79.5 Å². The number of carbonyl (C=O) groups excluding carboxylic acids is 2. The lowest BCUT2D eigenvalue weighted by atomic mass is 10.1. The molecular weight excluding hydrogens is 1150 g/mol. The summed E-state index contributed by atoms with van der Waals surface area (Å²) in [6.07, 6.45) is 10.2. The number of nitrogens with one attached hydrogen (secondary N) is 3. The van der Waals surface area contributed by atoms with Crippen LogP contribution < -0.4 is 20.4 Å². The number of ether oxygens (including phenoxy) is 5. The zero-order valence-corrected chi connectivity index (χ0v) is 51.4. The molecule has 2 aromatic carbocycles. The van der Waals surface area contributed by atoms with Crippen molar-refractivity contribution >= 4 is 75.7 Å². The number of rotatable bonds is 21. The van der Waals surface area contributed by atoms with Crippen LogP contribution in [0.4, 0.5) is 20.4 Å². The van der Waals surface area contributed by atoms with Crippen molar-refractivity contribution in [3.63, 3.8) is 0 Å². The van der Waals surface area contributed by atoms with Crippen molar-refractivity contribution in [1.29, 1.82) is 0 Å². The van der Waals surface area contributed by atoms with E-state index in [9.17, 15) is 18.4 Å². The second kappa shape index (κ2) is 27.2. The maximum atomic E-state index is 14.6. The molecule has 2 amide bonds. The first-order valence-electron chi connectivity index (χ1n) is 29.3. The van der Waals surface area contributed by atoms with Crippen LogP contribution in [0.3, 0.4) is 0 Å². The van der Waals surface area contributed by atoms with E-state index in [1.54, 1.807) is 60.5 Å². The van der Waals surface area contributed by atoms with Crippen LogP contribution in [0.2, 0.25) is 25.7 Å². The highest BCUT2D eigenvalue weighted by atomic mass is 28.3. The zero-order chi connectivity index (χ0) is 61.5. The lowest BCUT2D eigenvalue weighted by Gasteiger charge is -2.27. The summed E-state index contributed by atoms with van der Waals surface area (Å²) < 4.78 is 61.4. The first-order valence-corrected chi connectivity index (χ1v) is 33.1. The number of halogens is 2. The largest absolute Gasteiger partial charge is 0.383 e. The van der Waals surface area contributed by atoms with Crippen molar-refractivity contribution in [1.82, 2.24) is 69.6 Å². The highest BCUT2D eigenvalue weighted by Crippen LogP contribution is 2.32. The monoisotopic (exact) mass is 1220 g/mol. The van der Waals surface area contributed by atoms with E-state index in [1.165, 1.54) is 24.3 Å². The van der Waals surface area contributed by atoms with Crippen LogP contribution in [0.25, 0.3) is 66.9 Å². The molecule has 2 atom stereocenters. The SMILES string of the molecule is COC[C@H](C)NC(=O)c1c[nH]c2ncc(-c3nn(Cc4ccc(N5CCOCC5)nc4)c4cc(F)ccc34)nc12.COC[C@H](C)NC(=O)c1cn(COCC[Si](C)(C)C)c2ncc(-c3nn(Cc4ccc(N5CCOCC5)nc4)c4cc(F)ccc34)nc12. The number of pyridine rings is 2. The van der Waals surface area contributed by atoms with Crippen LogP contribution in [-0.4, -0.2) is 178 Å². The smallest absolute Gasteiger partial charge is 0.255 e. The molecule has 2 aliphatic heterocycles. The molecule has 2 fully saturated rings. The minimum absolute atomic E-state index is 0.175. The molecule has 88 heavy (non-hydrogen) atoms. The van der Waals surface area contributed by atoms with Crippen molar-refractivity contribution in [3.05, 3.63) is 132 Å². The fourth-order valence-corrected chi connectivity index (χ4v) is 11.3. The molecule has 2 aliphatic rings. The second-order valence-corrected chi connectivity index (χ2v) is 28.8. The molecule has 3 N–H and O–H groups in total. The maximum Gasteiger partial charge on any atom is 0.255 e. The Bertz CT molecular complexity index is 4060. The Labute approximate surface area is 507 Å². The molecule has 23 nitrogen and oxygen atoms in total. The Morgan fingerprint density at radius 1 is 0.659 bits per heavy atom. The number of nitrogens with zero attached hydrogens (tertiary/aromatic N) is 13. The van der Waals surface area contributed by atoms with E-state index in [0.717, 1.165) is 65.8 Å². The summed E-state index contributed by atoms with van der Waals surface area (Å²) in [6.45, 7) is 19.0. The number of methoxy groups -OCH3 is 2. The van der Waals surface area contributed by atoms with E-state index in [0.29, 0.717) is 127 Å². The van der Waals surface area contributed by atoms with Gasteiger partial charge in [-0.25, -0.2) is 38.7 Å². The maximum absolute atomic E-state index is 14.6. The Morgan fingerprint density at radius 2 is 1.17 bits per heavy atom. The molecule has 460 valence electrons. The number of hydrogen-bond donors (Lipinski definition) is 3. The number of carbonyl (C=O) groups is 2. The average molecular weight is 1220 g/mol. The zero-order valence-electron chi connectivity index (χ0n) is 50.4. The van der Waals surface area contributed by atoms with Gasteiger partial charge in [-0.3, -0.25) is 19.0 Å². The van der Waals surface area contributed by atoms with Crippen molar-refractivity contribution in [2.24, 2.45) is 0 Å². The third-order valence-corrected chi connectivity index (χ3v) is 16.8. The molecule has 10 heterocycles. The van der Waals surface area contributed by atoms with Gasteiger partial charge in [0.2, 0.25) is 0 Å². The Kier molecular flexibility index (Phi) is 18.8. The number of morpholine rings is 2. The van der Waals surface area contributed by atoms with E-state index < -0.39 is 8.07 Å². The van der Waals surface area contributed by atoms with Gasteiger partial charge >= 0.3 is 0 Å². The van der Waals surface area contributed by atoms with Gasteiger partial charge in [-0.2, -0.15) is 10.2 Å². The highest BCUT2D eigenvalue weighted by molar-refractivity contribution is 6.76. The molecule has 2 saturated heterocycles. The summed E-state index contributed by atoms with van der Waals surface area (Å²) in [5.41, 5.74) is 7.70. The predicted molar refractivity (Wildman–Crippen MR) is 333 cm³/mol. The number of hydrogen-bond acceptors (Lipinski definition) is 17. The molecule has 26 heteroatoms.